The van der Waals surface area contributed by atoms with E-state index in [2.05, 4.69) is 17.4 Å². The Balaban J connectivity index is 2.40. The second kappa shape index (κ2) is 5.84. The lowest BCUT2D eigenvalue weighted by Gasteiger charge is -2.22. The van der Waals surface area contributed by atoms with Gasteiger partial charge in [-0.05, 0) is 62.9 Å². The molecule has 112 valence electrons. The topological polar surface area (TPSA) is 12.0 Å². The van der Waals surface area contributed by atoms with E-state index in [1.54, 1.807) is 6.92 Å². The van der Waals surface area contributed by atoms with Gasteiger partial charge in [-0.3, -0.25) is 0 Å². The van der Waals surface area contributed by atoms with Crippen molar-refractivity contribution in [2.75, 3.05) is 5.32 Å². The van der Waals surface area contributed by atoms with Gasteiger partial charge in [0.2, 0.25) is 0 Å². The molecule has 1 atom stereocenters. The zero-order valence-electron chi connectivity index (χ0n) is 13.1. The van der Waals surface area contributed by atoms with Crippen molar-refractivity contribution >= 4 is 5.69 Å². The molecule has 1 unspecified atom stereocenters. The van der Waals surface area contributed by atoms with Crippen molar-refractivity contribution in [2.24, 2.45) is 0 Å². The molecule has 0 saturated carbocycles. The van der Waals surface area contributed by atoms with Crippen LogP contribution in [-0.2, 0) is 0 Å². The SMILES string of the molecule is Cc1cc(C)c(C(C)Nc2c(F)ccc(C)c2F)c(C)c1. The maximum Gasteiger partial charge on any atom is 0.152 e. The highest BCUT2D eigenvalue weighted by Crippen LogP contribution is 2.29. The third kappa shape index (κ3) is 3.07. The highest BCUT2D eigenvalue weighted by atomic mass is 19.1. The largest absolute Gasteiger partial charge is 0.374 e. The number of nitrogens with one attached hydrogen (secondary N) is 1. The molecule has 2 aromatic rings. The van der Waals surface area contributed by atoms with E-state index in [-0.39, 0.29) is 11.7 Å². The van der Waals surface area contributed by atoms with Gasteiger partial charge in [-0.1, -0.05) is 23.8 Å². The molecule has 0 aliphatic carbocycles. The summed E-state index contributed by atoms with van der Waals surface area (Å²) in [6.45, 7) is 9.65. The van der Waals surface area contributed by atoms with Crippen LogP contribution in [0, 0.1) is 39.3 Å². The van der Waals surface area contributed by atoms with Gasteiger partial charge in [-0.25, -0.2) is 8.78 Å². The molecule has 0 aliphatic rings. The number of aryl methyl sites for hydroxylation is 4. The molecule has 1 N–H and O–H groups in total. The quantitative estimate of drug-likeness (QED) is 0.800. The number of rotatable bonds is 3. The summed E-state index contributed by atoms with van der Waals surface area (Å²) in [6, 6.07) is 6.74. The van der Waals surface area contributed by atoms with Gasteiger partial charge in [-0.15, -0.1) is 0 Å². The van der Waals surface area contributed by atoms with Crippen molar-refractivity contribution in [1.82, 2.24) is 0 Å². The number of hydrogen-bond donors (Lipinski definition) is 1. The molecule has 2 rings (SSSR count). The molecule has 0 spiro atoms. The number of benzene rings is 2. The molecule has 1 nitrogen and oxygen atoms in total. The number of hydrogen-bond acceptors (Lipinski definition) is 1. The summed E-state index contributed by atoms with van der Waals surface area (Å²) in [5, 5.41) is 2.99. The van der Waals surface area contributed by atoms with Gasteiger partial charge in [0.25, 0.3) is 0 Å². The van der Waals surface area contributed by atoms with Gasteiger partial charge in [-0.2, -0.15) is 0 Å². The lowest BCUT2D eigenvalue weighted by Crippen LogP contribution is -2.13. The summed E-state index contributed by atoms with van der Waals surface area (Å²) in [7, 11) is 0. The predicted molar refractivity (Wildman–Crippen MR) is 83.8 cm³/mol. The van der Waals surface area contributed by atoms with Crippen molar-refractivity contribution in [1.29, 1.82) is 0 Å². The van der Waals surface area contributed by atoms with Crippen LogP contribution < -0.4 is 5.32 Å². The fourth-order valence-electron chi connectivity index (χ4n) is 2.95. The predicted octanol–water partition coefficient (Wildman–Crippen LogP) is 5.37. The summed E-state index contributed by atoms with van der Waals surface area (Å²) in [5.74, 6) is -1.09. The van der Waals surface area contributed by atoms with Crippen LogP contribution in [0.15, 0.2) is 24.3 Å². The lowest BCUT2D eigenvalue weighted by atomic mass is 9.94. The second-order valence-corrected chi connectivity index (χ2v) is 5.73. The first kappa shape index (κ1) is 15.5. The van der Waals surface area contributed by atoms with E-state index in [0.29, 0.717) is 5.56 Å². The van der Waals surface area contributed by atoms with Gasteiger partial charge in [0.15, 0.2) is 5.82 Å². The Bertz CT molecular complexity index is 654. The summed E-state index contributed by atoms with van der Waals surface area (Å²) in [4.78, 5) is 0. The van der Waals surface area contributed by atoms with Gasteiger partial charge in [0.05, 0.1) is 0 Å². The molecule has 0 fully saturated rings. The van der Waals surface area contributed by atoms with Crippen LogP contribution >= 0.6 is 0 Å². The fraction of sp³-hybridized carbons (Fsp3) is 0.333. The van der Waals surface area contributed by atoms with Gasteiger partial charge in [0.1, 0.15) is 11.5 Å². The molecule has 2 aromatic carbocycles. The molecule has 0 aliphatic heterocycles. The van der Waals surface area contributed by atoms with Crippen molar-refractivity contribution in [2.45, 2.75) is 40.7 Å². The van der Waals surface area contributed by atoms with Crippen molar-refractivity contribution in [3.05, 3.63) is 63.7 Å². The van der Waals surface area contributed by atoms with Gasteiger partial charge < -0.3 is 5.32 Å². The van der Waals surface area contributed by atoms with E-state index in [0.717, 1.165) is 16.7 Å². The Kier molecular flexibility index (Phi) is 4.31. The summed E-state index contributed by atoms with van der Waals surface area (Å²) >= 11 is 0. The summed E-state index contributed by atoms with van der Waals surface area (Å²) in [6.07, 6.45) is 0. The second-order valence-electron chi connectivity index (χ2n) is 5.73. The van der Waals surface area contributed by atoms with E-state index in [1.807, 2.05) is 27.7 Å². The third-order valence-corrected chi connectivity index (χ3v) is 3.82. The van der Waals surface area contributed by atoms with Crippen molar-refractivity contribution < 1.29 is 8.78 Å². The minimum absolute atomic E-state index is 0.0538. The van der Waals surface area contributed by atoms with Crippen molar-refractivity contribution in [3.63, 3.8) is 0 Å². The van der Waals surface area contributed by atoms with Crippen LogP contribution in [-0.4, -0.2) is 0 Å². The lowest BCUT2D eigenvalue weighted by molar-refractivity contribution is 0.578. The van der Waals surface area contributed by atoms with E-state index in [1.165, 1.54) is 17.7 Å². The zero-order chi connectivity index (χ0) is 15.7. The van der Waals surface area contributed by atoms with Crippen molar-refractivity contribution in [3.8, 4) is 0 Å². The van der Waals surface area contributed by atoms with E-state index >= 15 is 0 Å². The molecule has 0 aromatic heterocycles. The highest BCUT2D eigenvalue weighted by Gasteiger charge is 2.17. The maximum absolute atomic E-state index is 14.1. The minimum Gasteiger partial charge on any atom is -0.374 e. The minimum atomic E-state index is -0.563. The number of halogens is 2. The van der Waals surface area contributed by atoms with Crippen LogP contribution in [0.4, 0.5) is 14.5 Å². The highest BCUT2D eigenvalue weighted by molar-refractivity contribution is 5.52. The normalized spacial score (nSPS) is 12.3. The van der Waals surface area contributed by atoms with E-state index < -0.39 is 11.6 Å². The maximum atomic E-state index is 14.1. The smallest absolute Gasteiger partial charge is 0.152 e. The molecular formula is C18H21F2N. The Hall–Kier alpha value is -1.90. The van der Waals surface area contributed by atoms with Gasteiger partial charge >= 0.3 is 0 Å². The average Bonchev–Trinajstić information content (AvgIpc) is 2.38. The first-order valence-electron chi connectivity index (χ1n) is 7.10. The molecule has 0 bridgehead atoms. The monoisotopic (exact) mass is 289 g/mol. The van der Waals surface area contributed by atoms with Crippen LogP contribution in [0.1, 0.15) is 40.8 Å². The first-order valence-corrected chi connectivity index (χ1v) is 7.10. The Morgan fingerprint density at radius 2 is 1.48 bits per heavy atom. The number of anilines is 1. The Morgan fingerprint density at radius 3 is 2.05 bits per heavy atom. The summed E-state index contributed by atoms with van der Waals surface area (Å²) < 4.78 is 28.0. The summed E-state index contributed by atoms with van der Waals surface area (Å²) in [5.41, 5.74) is 4.90. The zero-order valence-corrected chi connectivity index (χ0v) is 13.1. The Labute approximate surface area is 125 Å². The molecule has 0 radical (unpaired) electrons. The molecule has 0 saturated heterocycles. The average molecular weight is 289 g/mol. The van der Waals surface area contributed by atoms with Crippen LogP contribution in [0.2, 0.25) is 0 Å². The van der Waals surface area contributed by atoms with Gasteiger partial charge in [0, 0.05) is 6.04 Å². The molecule has 3 heteroatoms. The third-order valence-electron chi connectivity index (χ3n) is 3.82. The fourth-order valence-corrected chi connectivity index (χ4v) is 2.95. The molecule has 0 amide bonds. The van der Waals surface area contributed by atoms with Crippen LogP contribution in [0.5, 0.6) is 0 Å². The molecule has 21 heavy (non-hydrogen) atoms. The van der Waals surface area contributed by atoms with E-state index in [9.17, 15) is 8.78 Å². The molecular weight excluding hydrogens is 268 g/mol. The first-order chi connectivity index (χ1) is 9.81. The van der Waals surface area contributed by atoms with Crippen LogP contribution in [0.3, 0.4) is 0 Å². The molecule has 0 heterocycles. The van der Waals surface area contributed by atoms with Crippen LogP contribution in [0.25, 0.3) is 0 Å². The van der Waals surface area contributed by atoms with E-state index in [4.69, 9.17) is 0 Å². The Morgan fingerprint density at radius 1 is 0.905 bits per heavy atom. The standard InChI is InChI=1S/C18H21F2N/c1-10-8-12(3)16(13(4)9-10)14(5)21-18-15(19)7-6-11(2)17(18)20/h6-9,14,21H,1-5H3.